The Morgan fingerprint density at radius 3 is 2.83 bits per heavy atom. The molecule has 18 heavy (non-hydrogen) atoms. The Bertz CT molecular complexity index is 417. The molecule has 1 saturated heterocycles. The molecule has 1 aromatic carbocycles. The highest BCUT2D eigenvalue weighted by atomic mass is 79.9. The molecule has 1 aromatic rings. The fourth-order valence-electron chi connectivity index (χ4n) is 1.95. The Morgan fingerprint density at radius 1 is 1.44 bits per heavy atom. The van der Waals surface area contributed by atoms with Crippen molar-refractivity contribution in [2.75, 3.05) is 13.1 Å². The van der Waals surface area contributed by atoms with Crippen molar-refractivity contribution in [3.8, 4) is 0 Å². The number of carbonyl (C=O) groups excluding carboxylic acids is 1. The highest BCUT2D eigenvalue weighted by molar-refractivity contribution is 9.10. The van der Waals surface area contributed by atoms with Gasteiger partial charge in [0.2, 0.25) is 0 Å². The van der Waals surface area contributed by atoms with Crippen LogP contribution >= 0.6 is 15.9 Å². The Hall–Kier alpha value is -1.07. The minimum Gasteiger partial charge on any atom is -0.445 e. The molecule has 4 nitrogen and oxygen atoms in total. The van der Waals surface area contributed by atoms with Crippen LogP contribution in [-0.2, 0) is 11.3 Å². The van der Waals surface area contributed by atoms with E-state index in [9.17, 15) is 4.79 Å². The van der Waals surface area contributed by atoms with Crippen molar-refractivity contribution in [3.63, 3.8) is 0 Å². The molecule has 0 saturated carbocycles. The van der Waals surface area contributed by atoms with Gasteiger partial charge in [-0.05, 0) is 30.5 Å². The lowest BCUT2D eigenvalue weighted by atomic mass is 10.1. The zero-order valence-corrected chi connectivity index (χ0v) is 11.7. The van der Waals surface area contributed by atoms with E-state index in [4.69, 9.17) is 10.5 Å². The summed E-state index contributed by atoms with van der Waals surface area (Å²) in [4.78, 5) is 13.5. The van der Waals surface area contributed by atoms with Crippen molar-refractivity contribution < 1.29 is 9.53 Å². The molecule has 0 radical (unpaired) electrons. The molecule has 0 aliphatic carbocycles. The number of hydrogen-bond acceptors (Lipinski definition) is 3. The third-order valence-corrected chi connectivity index (χ3v) is 3.54. The van der Waals surface area contributed by atoms with Gasteiger partial charge in [-0.2, -0.15) is 0 Å². The van der Waals surface area contributed by atoms with E-state index in [0.717, 1.165) is 22.9 Å². The van der Waals surface area contributed by atoms with Crippen LogP contribution in [0.4, 0.5) is 4.79 Å². The predicted octanol–water partition coefficient (Wildman–Crippen LogP) is 2.51. The van der Waals surface area contributed by atoms with Gasteiger partial charge in [0.1, 0.15) is 6.61 Å². The van der Waals surface area contributed by atoms with Gasteiger partial charge < -0.3 is 15.4 Å². The maximum atomic E-state index is 11.8. The van der Waals surface area contributed by atoms with Crippen LogP contribution in [0.25, 0.3) is 0 Å². The lowest BCUT2D eigenvalue weighted by Crippen LogP contribution is -2.43. The first-order valence-corrected chi connectivity index (χ1v) is 6.86. The summed E-state index contributed by atoms with van der Waals surface area (Å²) in [5, 5.41) is 0. The van der Waals surface area contributed by atoms with Crippen LogP contribution in [0.3, 0.4) is 0 Å². The summed E-state index contributed by atoms with van der Waals surface area (Å²) < 4.78 is 6.27. The van der Waals surface area contributed by atoms with E-state index in [1.165, 1.54) is 0 Å². The van der Waals surface area contributed by atoms with E-state index in [2.05, 4.69) is 15.9 Å². The maximum absolute atomic E-state index is 11.8. The molecule has 1 aliphatic rings. The Labute approximate surface area is 115 Å². The van der Waals surface area contributed by atoms with E-state index < -0.39 is 0 Å². The Kier molecular flexibility index (Phi) is 4.60. The quantitative estimate of drug-likeness (QED) is 0.913. The van der Waals surface area contributed by atoms with Crippen LogP contribution < -0.4 is 5.73 Å². The zero-order valence-electron chi connectivity index (χ0n) is 10.1. The van der Waals surface area contributed by atoms with Gasteiger partial charge in [-0.3, -0.25) is 0 Å². The number of rotatable bonds is 2. The fraction of sp³-hybridized carbons (Fsp3) is 0.462. The van der Waals surface area contributed by atoms with Gasteiger partial charge in [-0.1, -0.05) is 28.1 Å². The van der Waals surface area contributed by atoms with Crippen molar-refractivity contribution in [1.82, 2.24) is 4.90 Å². The third kappa shape index (κ3) is 3.71. The van der Waals surface area contributed by atoms with Crippen LogP contribution in [0.2, 0.25) is 0 Å². The molecular weight excluding hydrogens is 296 g/mol. The first-order valence-electron chi connectivity index (χ1n) is 6.07. The SMILES string of the molecule is NC1CCN(C(=O)OCc2cccc(Br)c2)CC1. The number of hydrogen-bond donors (Lipinski definition) is 1. The highest BCUT2D eigenvalue weighted by Crippen LogP contribution is 2.14. The molecule has 1 fully saturated rings. The lowest BCUT2D eigenvalue weighted by Gasteiger charge is -2.29. The summed E-state index contributed by atoms with van der Waals surface area (Å²) in [6.45, 7) is 1.69. The normalized spacial score (nSPS) is 16.7. The number of nitrogens with zero attached hydrogens (tertiary/aromatic N) is 1. The number of likely N-dealkylation sites (tertiary alicyclic amines) is 1. The summed E-state index contributed by atoms with van der Waals surface area (Å²) in [6.07, 6.45) is 1.46. The van der Waals surface area contributed by atoms with E-state index in [1.54, 1.807) is 4.90 Å². The fourth-order valence-corrected chi connectivity index (χ4v) is 2.39. The van der Waals surface area contributed by atoms with Crippen molar-refractivity contribution in [3.05, 3.63) is 34.3 Å². The lowest BCUT2D eigenvalue weighted by molar-refractivity contribution is 0.0873. The van der Waals surface area contributed by atoms with Crippen molar-refractivity contribution in [1.29, 1.82) is 0 Å². The van der Waals surface area contributed by atoms with Gasteiger partial charge in [-0.15, -0.1) is 0 Å². The summed E-state index contributed by atoms with van der Waals surface area (Å²) >= 11 is 3.39. The Morgan fingerprint density at radius 2 is 2.17 bits per heavy atom. The zero-order chi connectivity index (χ0) is 13.0. The van der Waals surface area contributed by atoms with Crippen molar-refractivity contribution in [2.24, 2.45) is 5.73 Å². The average Bonchev–Trinajstić information content (AvgIpc) is 2.37. The first kappa shape index (κ1) is 13.4. The van der Waals surface area contributed by atoms with Crippen LogP contribution in [0.1, 0.15) is 18.4 Å². The minimum absolute atomic E-state index is 0.221. The molecule has 2 rings (SSSR count). The number of ether oxygens (including phenoxy) is 1. The van der Waals surface area contributed by atoms with Gasteiger partial charge in [0.25, 0.3) is 0 Å². The van der Waals surface area contributed by atoms with Crippen molar-refractivity contribution in [2.45, 2.75) is 25.5 Å². The second-order valence-corrected chi connectivity index (χ2v) is 5.42. The van der Waals surface area contributed by atoms with Crippen LogP contribution in [0, 0.1) is 0 Å². The molecule has 5 heteroatoms. The van der Waals surface area contributed by atoms with E-state index in [0.29, 0.717) is 19.7 Å². The van der Waals surface area contributed by atoms with E-state index in [1.807, 2.05) is 24.3 Å². The number of benzene rings is 1. The molecule has 2 N–H and O–H groups in total. The maximum Gasteiger partial charge on any atom is 0.410 e. The molecule has 98 valence electrons. The summed E-state index contributed by atoms with van der Waals surface area (Å²) in [6, 6.07) is 7.97. The average molecular weight is 313 g/mol. The number of nitrogens with two attached hydrogens (primary N) is 1. The first-order chi connectivity index (χ1) is 8.65. The van der Waals surface area contributed by atoms with Crippen molar-refractivity contribution >= 4 is 22.0 Å². The smallest absolute Gasteiger partial charge is 0.410 e. The monoisotopic (exact) mass is 312 g/mol. The standard InChI is InChI=1S/C13H17BrN2O2/c14-11-3-1-2-10(8-11)9-18-13(17)16-6-4-12(15)5-7-16/h1-3,8,12H,4-7,9,15H2. The molecule has 1 aliphatic heterocycles. The second kappa shape index (κ2) is 6.20. The number of halogens is 1. The number of amides is 1. The second-order valence-electron chi connectivity index (χ2n) is 4.51. The largest absolute Gasteiger partial charge is 0.445 e. The summed E-state index contributed by atoms with van der Waals surface area (Å²) in [7, 11) is 0. The van der Waals surface area contributed by atoms with Crippen LogP contribution in [-0.4, -0.2) is 30.1 Å². The predicted molar refractivity (Wildman–Crippen MR) is 73.1 cm³/mol. The van der Waals surface area contributed by atoms with E-state index >= 15 is 0 Å². The third-order valence-electron chi connectivity index (χ3n) is 3.05. The number of carbonyl (C=O) groups is 1. The molecular formula is C13H17BrN2O2. The van der Waals surface area contributed by atoms with Gasteiger partial charge in [-0.25, -0.2) is 4.79 Å². The van der Waals surface area contributed by atoms with E-state index in [-0.39, 0.29) is 12.1 Å². The summed E-state index contributed by atoms with van der Waals surface area (Å²) in [5.41, 5.74) is 6.77. The van der Waals surface area contributed by atoms with Gasteiger partial charge >= 0.3 is 6.09 Å². The Balaban J connectivity index is 1.81. The van der Waals surface area contributed by atoms with Gasteiger partial charge in [0.05, 0.1) is 0 Å². The molecule has 0 spiro atoms. The van der Waals surface area contributed by atoms with Crippen LogP contribution in [0.5, 0.6) is 0 Å². The van der Waals surface area contributed by atoms with Gasteiger partial charge in [0, 0.05) is 23.6 Å². The van der Waals surface area contributed by atoms with Gasteiger partial charge in [0.15, 0.2) is 0 Å². The van der Waals surface area contributed by atoms with Crippen LogP contribution in [0.15, 0.2) is 28.7 Å². The molecule has 1 amide bonds. The molecule has 1 heterocycles. The molecule has 0 aromatic heterocycles. The molecule has 0 bridgehead atoms. The minimum atomic E-state index is -0.248. The molecule has 0 atom stereocenters. The number of piperidine rings is 1. The highest BCUT2D eigenvalue weighted by Gasteiger charge is 2.21. The topological polar surface area (TPSA) is 55.6 Å². The summed E-state index contributed by atoms with van der Waals surface area (Å²) in [5.74, 6) is 0. The molecule has 0 unspecified atom stereocenters.